The molecule has 0 N–H and O–H groups in total. The minimum atomic E-state index is 0.326. The van der Waals surface area contributed by atoms with E-state index in [0.29, 0.717) is 18.1 Å². The minimum absolute atomic E-state index is 0.326. The lowest BCUT2D eigenvalue weighted by Gasteiger charge is -2.22. The minimum Gasteiger partial charge on any atom is -0.491 e. The quantitative estimate of drug-likeness (QED) is 0.654. The van der Waals surface area contributed by atoms with Gasteiger partial charge in [-0.2, -0.15) is 0 Å². The Morgan fingerprint density at radius 2 is 2.05 bits per heavy atom. The Labute approximate surface area is 117 Å². The van der Waals surface area contributed by atoms with Gasteiger partial charge in [-0.05, 0) is 36.3 Å². The predicted octanol–water partition coefficient (Wildman–Crippen LogP) is 4.22. The van der Waals surface area contributed by atoms with Gasteiger partial charge < -0.3 is 9.47 Å². The third-order valence-electron chi connectivity index (χ3n) is 4.06. The highest BCUT2D eigenvalue weighted by Gasteiger charge is 2.23. The van der Waals surface area contributed by atoms with Gasteiger partial charge in [-0.25, -0.2) is 0 Å². The van der Waals surface area contributed by atoms with Crippen LogP contribution in [0.1, 0.15) is 45.6 Å². The molecule has 0 radical (unpaired) electrons. The number of para-hydroxylation sites is 1. The Morgan fingerprint density at radius 1 is 1.32 bits per heavy atom. The third kappa shape index (κ3) is 4.87. The van der Waals surface area contributed by atoms with Crippen LogP contribution in [0, 0.1) is 5.41 Å². The van der Waals surface area contributed by atoms with Gasteiger partial charge in [-0.3, -0.25) is 0 Å². The van der Waals surface area contributed by atoms with Crippen LogP contribution in [0.15, 0.2) is 24.3 Å². The van der Waals surface area contributed by atoms with Crippen molar-refractivity contribution in [3.05, 3.63) is 29.8 Å². The molecular formula is C17H26O2. The van der Waals surface area contributed by atoms with E-state index in [9.17, 15) is 0 Å². The molecule has 1 saturated heterocycles. The molecule has 2 nitrogen and oxygen atoms in total. The second-order valence-electron chi connectivity index (χ2n) is 6.25. The molecule has 1 aliphatic rings. The van der Waals surface area contributed by atoms with Crippen molar-refractivity contribution in [3.63, 3.8) is 0 Å². The Bertz CT molecular complexity index is 394. The summed E-state index contributed by atoms with van der Waals surface area (Å²) in [6, 6.07) is 8.40. The number of hydrogen-bond acceptors (Lipinski definition) is 2. The SMILES string of the molecule is CCC(C)(C)CCCc1ccccc1OCC1CO1. The molecule has 2 rings (SSSR count). The normalized spacial score (nSPS) is 18.4. The first-order chi connectivity index (χ1) is 9.11. The highest BCUT2D eigenvalue weighted by Crippen LogP contribution is 2.28. The van der Waals surface area contributed by atoms with Gasteiger partial charge in [0.25, 0.3) is 0 Å². The van der Waals surface area contributed by atoms with E-state index in [1.165, 1.54) is 24.8 Å². The highest BCUT2D eigenvalue weighted by molar-refractivity contribution is 5.33. The van der Waals surface area contributed by atoms with Gasteiger partial charge in [0.05, 0.1) is 6.61 Å². The topological polar surface area (TPSA) is 21.8 Å². The molecule has 0 spiro atoms. The average Bonchev–Trinajstić information content (AvgIpc) is 3.21. The van der Waals surface area contributed by atoms with Crippen molar-refractivity contribution in [2.75, 3.05) is 13.2 Å². The fourth-order valence-corrected chi connectivity index (χ4v) is 2.13. The van der Waals surface area contributed by atoms with Crippen LogP contribution >= 0.6 is 0 Å². The summed E-state index contributed by atoms with van der Waals surface area (Å²) in [5.41, 5.74) is 1.78. The van der Waals surface area contributed by atoms with Crippen molar-refractivity contribution in [2.24, 2.45) is 5.41 Å². The van der Waals surface area contributed by atoms with Crippen LogP contribution in [0.3, 0.4) is 0 Å². The number of epoxide rings is 1. The summed E-state index contributed by atoms with van der Waals surface area (Å²) < 4.78 is 11.0. The summed E-state index contributed by atoms with van der Waals surface area (Å²) in [6.07, 6.45) is 5.16. The lowest BCUT2D eigenvalue weighted by Crippen LogP contribution is -2.10. The summed E-state index contributed by atoms with van der Waals surface area (Å²) in [5.74, 6) is 1.03. The highest BCUT2D eigenvalue weighted by atomic mass is 16.6. The third-order valence-corrected chi connectivity index (χ3v) is 4.06. The van der Waals surface area contributed by atoms with Crippen LogP contribution in [0.4, 0.5) is 0 Å². The number of rotatable bonds is 8. The van der Waals surface area contributed by atoms with Crippen LogP contribution in [-0.2, 0) is 11.2 Å². The van der Waals surface area contributed by atoms with Crippen molar-refractivity contribution < 1.29 is 9.47 Å². The van der Waals surface area contributed by atoms with Crippen molar-refractivity contribution >= 4 is 0 Å². The van der Waals surface area contributed by atoms with E-state index in [4.69, 9.17) is 9.47 Å². The van der Waals surface area contributed by atoms with Crippen molar-refractivity contribution in [1.29, 1.82) is 0 Å². The zero-order valence-corrected chi connectivity index (χ0v) is 12.4. The Morgan fingerprint density at radius 3 is 2.74 bits per heavy atom. The molecule has 2 heteroatoms. The largest absolute Gasteiger partial charge is 0.491 e. The fourth-order valence-electron chi connectivity index (χ4n) is 2.13. The zero-order valence-electron chi connectivity index (χ0n) is 12.4. The van der Waals surface area contributed by atoms with Gasteiger partial charge >= 0.3 is 0 Å². The smallest absolute Gasteiger partial charge is 0.122 e. The van der Waals surface area contributed by atoms with E-state index in [2.05, 4.69) is 39.0 Å². The lowest BCUT2D eigenvalue weighted by atomic mass is 9.84. The van der Waals surface area contributed by atoms with E-state index in [0.717, 1.165) is 18.8 Å². The summed E-state index contributed by atoms with van der Waals surface area (Å²) in [4.78, 5) is 0. The first-order valence-corrected chi connectivity index (χ1v) is 7.43. The molecule has 1 heterocycles. The summed E-state index contributed by atoms with van der Waals surface area (Å²) >= 11 is 0. The summed E-state index contributed by atoms with van der Waals surface area (Å²) in [6.45, 7) is 8.51. The van der Waals surface area contributed by atoms with Gasteiger partial charge in [0.15, 0.2) is 0 Å². The Kier molecular flexibility index (Phi) is 4.87. The molecule has 1 aliphatic heterocycles. The molecule has 1 fully saturated rings. The first kappa shape index (κ1) is 14.4. The van der Waals surface area contributed by atoms with Crippen molar-refractivity contribution in [3.8, 4) is 5.75 Å². The average molecular weight is 262 g/mol. The molecule has 106 valence electrons. The summed E-state index contributed by atoms with van der Waals surface area (Å²) in [7, 11) is 0. The number of ether oxygens (including phenoxy) is 2. The standard InChI is InChI=1S/C17H26O2/c1-4-17(2,3)11-7-9-14-8-5-6-10-16(14)19-13-15-12-18-15/h5-6,8,10,15H,4,7,9,11-13H2,1-3H3. The van der Waals surface area contributed by atoms with Crippen molar-refractivity contribution in [2.45, 2.75) is 52.6 Å². The van der Waals surface area contributed by atoms with Crippen LogP contribution < -0.4 is 4.74 Å². The second kappa shape index (κ2) is 6.42. The molecule has 1 atom stereocenters. The molecule has 1 aromatic rings. The van der Waals surface area contributed by atoms with Crippen LogP contribution in [-0.4, -0.2) is 19.3 Å². The van der Waals surface area contributed by atoms with Gasteiger partial charge in [-0.15, -0.1) is 0 Å². The number of aryl methyl sites for hydroxylation is 1. The van der Waals surface area contributed by atoms with Gasteiger partial charge in [0.1, 0.15) is 18.5 Å². The predicted molar refractivity (Wildman–Crippen MR) is 78.7 cm³/mol. The van der Waals surface area contributed by atoms with Crippen LogP contribution in [0.25, 0.3) is 0 Å². The van der Waals surface area contributed by atoms with Crippen molar-refractivity contribution in [1.82, 2.24) is 0 Å². The first-order valence-electron chi connectivity index (χ1n) is 7.43. The van der Waals surface area contributed by atoms with Gasteiger partial charge in [0.2, 0.25) is 0 Å². The van der Waals surface area contributed by atoms with Gasteiger partial charge in [0, 0.05) is 0 Å². The van der Waals surface area contributed by atoms with Crippen LogP contribution in [0.2, 0.25) is 0 Å². The monoisotopic (exact) mass is 262 g/mol. The molecule has 0 aliphatic carbocycles. The molecule has 0 saturated carbocycles. The van der Waals surface area contributed by atoms with Crippen LogP contribution in [0.5, 0.6) is 5.75 Å². The van der Waals surface area contributed by atoms with E-state index < -0.39 is 0 Å². The zero-order chi connectivity index (χ0) is 13.7. The Hall–Kier alpha value is -1.02. The van der Waals surface area contributed by atoms with E-state index >= 15 is 0 Å². The summed E-state index contributed by atoms with van der Waals surface area (Å²) in [5, 5.41) is 0. The van der Waals surface area contributed by atoms with Gasteiger partial charge in [-0.1, -0.05) is 45.4 Å². The van der Waals surface area contributed by atoms with E-state index in [-0.39, 0.29) is 0 Å². The maximum Gasteiger partial charge on any atom is 0.122 e. The molecular weight excluding hydrogens is 236 g/mol. The molecule has 1 aromatic carbocycles. The molecule has 0 amide bonds. The number of hydrogen-bond donors (Lipinski definition) is 0. The fraction of sp³-hybridized carbons (Fsp3) is 0.647. The number of benzene rings is 1. The second-order valence-corrected chi connectivity index (χ2v) is 6.25. The maximum atomic E-state index is 5.85. The molecule has 1 unspecified atom stereocenters. The molecule has 19 heavy (non-hydrogen) atoms. The van der Waals surface area contributed by atoms with E-state index in [1.54, 1.807) is 0 Å². The Balaban J connectivity index is 1.84. The molecule has 0 bridgehead atoms. The molecule has 0 aromatic heterocycles. The lowest BCUT2D eigenvalue weighted by molar-refractivity contribution is 0.260. The maximum absolute atomic E-state index is 5.85. The van der Waals surface area contributed by atoms with E-state index in [1.807, 2.05) is 6.07 Å².